The molecule has 1 atom stereocenters. The van der Waals surface area contributed by atoms with Crippen molar-refractivity contribution in [3.8, 4) is 0 Å². The third-order valence-electron chi connectivity index (χ3n) is 2.92. The largest absolute Gasteiger partial charge is 0.464 e. The van der Waals surface area contributed by atoms with E-state index in [1.807, 2.05) is 0 Å². The predicted molar refractivity (Wildman–Crippen MR) is 78.0 cm³/mol. The zero-order valence-electron chi connectivity index (χ0n) is 11.0. The maximum Gasteiger partial charge on any atom is 0.329 e. The van der Waals surface area contributed by atoms with Crippen LogP contribution in [0, 0.1) is 0 Å². The Morgan fingerprint density at radius 2 is 2.35 bits per heavy atom. The number of carbonyl (C=O) groups is 2. The minimum absolute atomic E-state index is 0.215. The number of halogens is 1. The molecule has 1 unspecified atom stereocenters. The second-order valence-corrected chi connectivity index (χ2v) is 5.75. The van der Waals surface area contributed by atoms with Gasteiger partial charge >= 0.3 is 5.97 Å². The zero-order chi connectivity index (χ0) is 14.5. The Kier molecular flexibility index (Phi) is 5.25. The highest BCUT2D eigenvalue weighted by Crippen LogP contribution is 2.20. The molecule has 0 saturated carbocycles. The Morgan fingerprint density at radius 3 is 3.00 bits per heavy atom. The van der Waals surface area contributed by atoms with Gasteiger partial charge < -0.3 is 9.64 Å². The van der Waals surface area contributed by atoms with Crippen molar-refractivity contribution in [3.05, 3.63) is 29.0 Å². The summed E-state index contributed by atoms with van der Waals surface area (Å²) in [5.41, 5.74) is 0.426. The number of aromatic nitrogens is 1. The van der Waals surface area contributed by atoms with Gasteiger partial charge in [0.25, 0.3) is 5.91 Å². The van der Waals surface area contributed by atoms with E-state index < -0.39 is 6.04 Å². The maximum absolute atomic E-state index is 12.5. The van der Waals surface area contributed by atoms with Gasteiger partial charge in [0, 0.05) is 24.2 Å². The maximum atomic E-state index is 12.5. The molecule has 0 aliphatic carbocycles. The molecule has 0 bridgehead atoms. The number of nitrogens with zero attached hydrogens (tertiary/aromatic N) is 2. The first kappa shape index (κ1) is 15.1. The van der Waals surface area contributed by atoms with Gasteiger partial charge in [0.15, 0.2) is 0 Å². The SMILES string of the molecule is CCOC(=O)C1CSCCN1C(=O)c1ccc(Cl)nc1. The van der Waals surface area contributed by atoms with Crippen LogP contribution in [0.2, 0.25) is 5.15 Å². The number of pyridine rings is 1. The highest BCUT2D eigenvalue weighted by atomic mass is 35.5. The fourth-order valence-electron chi connectivity index (χ4n) is 1.95. The van der Waals surface area contributed by atoms with Crippen LogP contribution >= 0.6 is 23.4 Å². The van der Waals surface area contributed by atoms with Crippen molar-refractivity contribution >= 4 is 35.2 Å². The van der Waals surface area contributed by atoms with Crippen molar-refractivity contribution in [1.82, 2.24) is 9.88 Å². The lowest BCUT2D eigenvalue weighted by atomic mass is 10.2. The summed E-state index contributed by atoms with van der Waals surface area (Å²) in [4.78, 5) is 29.8. The van der Waals surface area contributed by atoms with Crippen molar-refractivity contribution in [2.75, 3.05) is 24.7 Å². The van der Waals surface area contributed by atoms with E-state index in [0.29, 0.717) is 29.6 Å². The van der Waals surface area contributed by atoms with Gasteiger partial charge in [0.05, 0.1) is 12.2 Å². The van der Waals surface area contributed by atoms with Crippen LogP contribution in [0.3, 0.4) is 0 Å². The highest BCUT2D eigenvalue weighted by Gasteiger charge is 2.34. The van der Waals surface area contributed by atoms with Gasteiger partial charge in [-0.1, -0.05) is 11.6 Å². The lowest BCUT2D eigenvalue weighted by Crippen LogP contribution is -2.51. The fraction of sp³-hybridized carbons (Fsp3) is 0.462. The molecule has 1 aromatic heterocycles. The highest BCUT2D eigenvalue weighted by molar-refractivity contribution is 7.99. The minimum atomic E-state index is -0.531. The van der Waals surface area contributed by atoms with Crippen molar-refractivity contribution in [2.45, 2.75) is 13.0 Å². The first-order valence-electron chi connectivity index (χ1n) is 6.30. The first-order valence-corrected chi connectivity index (χ1v) is 7.83. The second kappa shape index (κ2) is 6.95. The molecule has 5 nitrogen and oxygen atoms in total. The monoisotopic (exact) mass is 314 g/mol. The molecule has 0 radical (unpaired) electrons. The van der Waals surface area contributed by atoms with E-state index in [9.17, 15) is 9.59 Å². The third-order valence-corrected chi connectivity index (χ3v) is 4.17. The Bertz CT molecular complexity index is 495. The average Bonchev–Trinajstić information content (AvgIpc) is 2.47. The molecule has 0 spiro atoms. The zero-order valence-corrected chi connectivity index (χ0v) is 12.6. The Balaban J connectivity index is 2.16. The fourth-order valence-corrected chi connectivity index (χ4v) is 3.09. The number of hydrogen-bond acceptors (Lipinski definition) is 5. The van der Waals surface area contributed by atoms with E-state index in [1.54, 1.807) is 35.7 Å². The molecule has 1 aliphatic heterocycles. The van der Waals surface area contributed by atoms with Crippen LogP contribution in [0.4, 0.5) is 0 Å². The summed E-state index contributed by atoms with van der Waals surface area (Å²) < 4.78 is 5.03. The molecule has 0 aromatic carbocycles. The third kappa shape index (κ3) is 3.43. The Hall–Kier alpha value is -1.27. The topological polar surface area (TPSA) is 59.5 Å². The normalized spacial score (nSPS) is 18.7. The first-order chi connectivity index (χ1) is 9.63. The summed E-state index contributed by atoms with van der Waals surface area (Å²) in [6.45, 7) is 2.59. The van der Waals surface area contributed by atoms with Crippen LogP contribution in [0.25, 0.3) is 0 Å². The van der Waals surface area contributed by atoms with E-state index in [0.717, 1.165) is 5.75 Å². The molecule has 7 heteroatoms. The Labute approximate surface area is 126 Å². The van der Waals surface area contributed by atoms with Crippen LogP contribution in [-0.2, 0) is 9.53 Å². The second-order valence-electron chi connectivity index (χ2n) is 4.21. The molecule has 1 amide bonds. The molecule has 20 heavy (non-hydrogen) atoms. The Morgan fingerprint density at radius 1 is 1.55 bits per heavy atom. The number of ether oxygens (including phenoxy) is 1. The molecule has 2 heterocycles. The van der Waals surface area contributed by atoms with Crippen LogP contribution < -0.4 is 0 Å². The summed E-state index contributed by atoms with van der Waals surface area (Å²) in [6, 6.07) is 2.64. The molecule has 2 rings (SSSR count). The number of hydrogen-bond donors (Lipinski definition) is 0. The molecular formula is C13H15ClN2O3S. The number of esters is 1. The van der Waals surface area contributed by atoms with E-state index in [4.69, 9.17) is 16.3 Å². The minimum Gasteiger partial charge on any atom is -0.464 e. The van der Waals surface area contributed by atoms with Crippen molar-refractivity contribution in [1.29, 1.82) is 0 Å². The summed E-state index contributed by atoms with van der Waals surface area (Å²) >= 11 is 7.35. The van der Waals surface area contributed by atoms with Gasteiger partial charge in [0.2, 0.25) is 0 Å². The van der Waals surface area contributed by atoms with Crippen molar-refractivity contribution in [2.24, 2.45) is 0 Å². The van der Waals surface area contributed by atoms with E-state index in [2.05, 4.69) is 4.98 Å². The molecule has 0 N–H and O–H groups in total. The van der Waals surface area contributed by atoms with Crippen LogP contribution in [0.15, 0.2) is 18.3 Å². The van der Waals surface area contributed by atoms with E-state index in [-0.39, 0.29) is 11.9 Å². The summed E-state index contributed by atoms with van der Waals surface area (Å²) in [6.07, 6.45) is 1.43. The van der Waals surface area contributed by atoms with Gasteiger partial charge in [0.1, 0.15) is 11.2 Å². The number of carbonyl (C=O) groups excluding carboxylic acids is 2. The molecule has 1 fully saturated rings. The van der Waals surface area contributed by atoms with Crippen LogP contribution in [0.1, 0.15) is 17.3 Å². The molecule has 1 aliphatic rings. The lowest BCUT2D eigenvalue weighted by molar-refractivity contribution is -0.147. The number of thioether (sulfide) groups is 1. The predicted octanol–water partition coefficient (Wildman–Crippen LogP) is 1.86. The van der Waals surface area contributed by atoms with Crippen LogP contribution in [0.5, 0.6) is 0 Å². The van der Waals surface area contributed by atoms with Gasteiger partial charge in [-0.2, -0.15) is 11.8 Å². The lowest BCUT2D eigenvalue weighted by Gasteiger charge is -2.33. The smallest absolute Gasteiger partial charge is 0.329 e. The van der Waals surface area contributed by atoms with Gasteiger partial charge in [-0.3, -0.25) is 4.79 Å². The summed E-state index contributed by atoms with van der Waals surface area (Å²) in [7, 11) is 0. The standard InChI is InChI=1S/C13H15ClN2O3S/c1-2-19-13(18)10-8-20-6-5-16(10)12(17)9-3-4-11(14)15-7-9/h3-4,7,10H,2,5-6,8H2,1H3. The van der Waals surface area contributed by atoms with Gasteiger partial charge in [-0.25, -0.2) is 9.78 Å². The van der Waals surface area contributed by atoms with Crippen molar-refractivity contribution < 1.29 is 14.3 Å². The van der Waals surface area contributed by atoms with E-state index in [1.165, 1.54) is 6.20 Å². The molecular weight excluding hydrogens is 300 g/mol. The average molecular weight is 315 g/mol. The van der Waals surface area contributed by atoms with Crippen LogP contribution in [-0.4, -0.2) is 52.5 Å². The van der Waals surface area contributed by atoms with Crippen molar-refractivity contribution in [3.63, 3.8) is 0 Å². The number of rotatable bonds is 3. The molecule has 1 aromatic rings. The van der Waals surface area contributed by atoms with Gasteiger partial charge in [-0.15, -0.1) is 0 Å². The van der Waals surface area contributed by atoms with Gasteiger partial charge in [-0.05, 0) is 19.1 Å². The molecule has 1 saturated heterocycles. The summed E-state index contributed by atoms with van der Waals surface area (Å²) in [5, 5.41) is 0.331. The summed E-state index contributed by atoms with van der Waals surface area (Å²) in [5.74, 6) is 0.802. The number of amides is 1. The van der Waals surface area contributed by atoms with E-state index >= 15 is 0 Å². The molecule has 108 valence electrons. The quantitative estimate of drug-likeness (QED) is 0.629.